The third kappa shape index (κ3) is 3.86. The molecule has 146 valence electrons. The largest absolute Gasteiger partial charge is 0.404 e. The number of benzene rings is 1. The lowest BCUT2D eigenvalue weighted by Crippen LogP contribution is -2.49. The van der Waals surface area contributed by atoms with Gasteiger partial charge < -0.3 is 14.2 Å². The molecule has 0 unspecified atom stereocenters. The summed E-state index contributed by atoms with van der Waals surface area (Å²) in [5, 5.41) is 0. The average Bonchev–Trinajstić information content (AvgIpc) is 3.11. The number of hydrogen-bond acceptors (Lipinski definition) is 5. The van der Waals surface area contributed by atoms with Crippen molar-refractivity contribution >= 4 is 23.2 Å². The van der Waals surface area contributed by atoms with E-state index in [4.69, 9.17) is 4.42 Å². The monoisotopic (exact) mass is 378 g/mol. The van der Waals surface area contributed by atoms with Gasteiger partial charge in [-0.15, -0.1) is 0 Å². The van der Waals surface area contributed by atoms with Gasteiger partial charge in [0.1, 0.15) is 5.52 Å². The topological polar surface area (TPSA) is 62.5 Å². The summed E-state index contributed by atoms with van der Waals surface area (Å²) in [7, 11) is 0. The predicted octanol–water partition coefficient (Wildman–Crippen LogP) is 3.55. The predicted molar refractivity (Wildman–Crippen MR) is 110 cm³/mol. The van der Waals surface area contributed by atoms with Crippen molar-refractivity contribution in [3.63, 3.8) is 0 Å². The van der Waals surface area contributed by atoms with E-state index in [9.17, 15) is 4.79 Å². The lowest BCUT2D eigenvalue weighted by molar-refractivity contribution is -0.130. The maximum Gasteiger partial charge on any atom is 0.299 e. The molecule has 3 aromatic rings. The number of carbonyl (C=O) groups excluding carboxylic acids is 1. The highest BCUT2D eigenvalue weighted by molar-refractivity contribution is 5.79. The molecule has 0 radical (unpaired) electrons. The molecule has 4 rings (SSSR count). The highest BCUT2D eigenvalue weighted by atomic mass is 16.4. The van der Waals surface area contributed by atoms with E-state index >= 15 is 0 Å². The van der Waals surface area contributed by atoms with Gasteiger partial charge in [0, 0.05) is 32.4 Å². The molecule has 1 aliphatic heterocycles. The molecular weight excluding hydrogens is 352 g/mol. The Labute approximate surface area is 165 Å². The highest BCUT2D eigenvalue weighted by Gasteiger charge is 2.24. The van der Waals surface area contributed by atoms with E-state index in [1.54, 1.807) is 6.20 Å². The number of aromatic nitrogens is 2. The maximum absolute atomic E-state index is 12.7. The number of carbonyl (C=O) groups is 1. The molecule has 1 aliphatic rings. The zero-order chi connectivity index (χ0) is 19.7. The fourth-order valence-corrected chi connectivity index (χ4v) is 3.50. The van der Waals surface area contributed by atoms with Crippen LogP contribution in [-0.2, 0) is 11.2 Å². The van der Waals surface area contributed by atoms with E-state index in [0.29, 0.717) is 50.2 Å². The first-order valence-electron chi connectivity index (χ1n) is 9.84. The van der Waals surface area contributed by atoms with Crippen LogP contribution in [0, 0.1) is 6.92 Å². The minimum absolute atomic E-state index is 0.173. The van der Waals surface area contributed by atoms with E-state index in [1.165, 1.54) is 5.56 Å². The Morgan fingerprint density at radius 1 is 1.14 bits per heavy atom. The van der Waals surface area contributed by atoms with E-state index < -0.39 is 0 Å². The number of anilines is 1. The molecule has 0 spiro atoms. The number of piperazine rings is 1. The minimum atomic E-state index is 0.173. The van der Waals surface area contributed by atoms with Crippen molar-refractivity contribution in [3.8, 4) is 0 Å². The normalized spacial score (nSPS) is 14.9. The molecule has 2 aromatic heterocycles. The minimum Gasteiger partial charge on any atom is -0.404 e. The number of aryl methyl sites for hydroxylation is 1. The number of pyridine rings is 1. The third-order valence-corrected chi connectivity index (χ3v) is 5.28. The number of amides is 1. The van der Waals surface area contributed by atoms with Crippen molar-refractivity contribution in [1.82, 2.24) is 14.9 Å². The molecule has 0 saturated carbocycles. The Balaban J connectivity index is 1.35. The van der Waals surface area contributed by atoms with Crippen molar-refractivity contribution in [3.05, 3.63) is 53.2 Å². The van der Waals surface area contributed by atoms with Crippen LogP contribution in [0.15, 0.2) is 40.9 Å². The van der Waals surface area contributed by atoms with Gasteiger partial charge in [0.05, 0.1) is 6.42 Å². The van der Waals surface area contributed by atoms with Crippen molar-refractivity contribution < 1.29 is 9.21 Å². The Kier molecular flexibility index (Phi) is 5.03. The van der Waals surface area contributed by atoms with Crippen LogP contribution in [0.2, 0.25) is 0 Å². The number of fused-ring (bicyclic) bond motifs is 1. The summed E-state index contributed by atoms with van der Waals surface area (Å²) in [5.41, 5.74) is 4.76. The first-order chi connectivity index (χ1) is 13.5. The average molecular weight is 378 g/mol. The van der Waals surface area contributed by atoms with E-state index in [1.807, 2.05) is 17.9 Å². The van der Waals surface area contributed by atoms with Gasteiger partial charge in [0.2, 0.25) is 11.6 Å². The Morgan fingerprint density at radius 3 is 2.54 bits per heavy atom. The fourth-order valence-electron chi connectivity index (χ4n) is 3.50. The first kappa shape index (κ1) is 18.5. The number of hydrogen-bond donors (Lipinski definition) is 0. The molecular formula is C22H26N4O2. The van der Waals surface area contributed by atoms with Crippen molar-refractivity contribution in [2.45, 2.75) is 33.1 Å². The zero-order valence-electron chi connectivity index (χ0n) is 16.7. The number of oxazole rings is 1. The molecule has 28 heavy (non-hydrogen) atoms. The second-order valence-electron chi connectivity index (χ2n) is 7.77. The number of rotatable bonds is 4. The summed E-state index contributed by atoms with van der Waals surface area (Å²) in [6.07, 6.45) is 2.23. The Hall–Kier alpha value is -2.89. The maximum atomic E-state index is 12.7. The number of nitrogens with zero attached hydrogens (tertiary/aromatic N) is 4. The van der Waals surface area contributed by atoms with Crippen LogP contribution in [0.1, 0.15) is 36.5 Å². The van der Waals surface area contributed by atoms with E-state index in [0.717, 1.165) is 16.6 Å². The highest BCUT2D eigenvalue weighted by Crippen LogP contribution is 2.22. The van der Waals surface area contributed by atoms with Crippen LogP contribution in [0.25, 0.3) is 11.2 Å². The molecule has 1 fully saturated rings. The van der Waals surface area contributed by atoms with Gasteiger partial charge in [0.15, 0.2) is 0 Å². The van der Waals surface area contributed by atoms with Gasteiger partial charge in [-0.3, -0.25) is 4.79 Å². The summed E-state index contributed by atoms with van der Waals surface area (Å²) in [6, 6.07) is 10.9. The Bertz CT molecular complexity index is 970. The SMILES string of the molecule is Cc1cnc2oc(N3CCN(C(=O)Cc4ccc(C(C)C)cc4)CC3)nc2c1. The summed E-state index contributed by atoms with van der Waals surface area (Å²) in [5.74, 6) is 0.676. The second kappa shape index (κ2) is 7.62. The van der Waals surface area contributed by atoms with Crippen LogP contribution in [0.5, 0.6) is 0 Å². The molecule has 1 amide bonds. The quantitative estimate of drug-likeness (QED) is 0.695. The van der Waals surface area contributed by atoms with Gasteiger partial charge in [0.25, 0.3) is 6.01 Å². The van der Waals surface area contributed by atoms with Gasteiger partial charge in [-0.05, 0) is 35.6 Å². The van der Waals surface area contributed by atoms with Gasteiger partial charge >= 0.3 is 0 Å². The molecule has 0 N–H and O–H groups in total. The zero-order valence-corrected chi connectivity index (χ0v) is 16.7. The third-order valence-electron chi connectivity index (χ3n) is 5.28. The lowest BCUT2D eigenvalue weighted by atomic mass is 10.0. The molecule has 0 bridgehead atoms. The fraction of sp³-hybridized carbons (Fsp3) is 0.409. The standard InChI is InChI=1S/C22H26N4O2/c1-15(2)18-6-4-17(5-7-18)13-20(27)25-8-10-26(11-9-25)22-24-19-12-16(3)14-23-21(19)28-22/h4-7,12,14-15H,8-11,13H2,1-3H3. The van der Waals surface area contributed by atoms with E-state index in [-0.39, 0.29) is 5.91 Å². The Morgan fingerprint density at radius 2 is 1.86 bits per heavy atom. The second-order valence-corrected chi connectivity index (χ2v) is 7.77. The lowest BCUT2D eigenvalue weighted by Gasteiger charge is -2.33. The summed E-state index contributed by atoms with van der Waals surface area (Å²) >= 11 is 0. The van der Waals surface area contributed by atoms with E-state index in [2.05, 4.69) is 53.0 Å². The van der Waals surface area contributed by atoms with Crippen LogP contribution in [0.3, 0.4) is 0 Å². The summed E-state index contributed by atoms with van der Waals surface area (Å²) in [4.78, 5) is 25.5. The molecule has 1 saturated heterocycles. The van der Waals surface area contributed by atoms with Crippen molar-refractivity contribution in [2.24, 2.45) is 0 Å². The van der Waals surface area contributed by atoms with Gasteiger partial charge in [-0.2, -0.15) is 4.98 Å². The first-order valence-corrected chi connectivity index (χ1v) is 9.84. The summed E-state index contributed by atoms with van der Waals surface area (Å²) in [6.45, 7) is 9.11. The molecule has 1 aromatic carbocycles. The van der Waals surface area contributed by atoms with Gasteiger partial charge in [-0.1, -0.05) is 38.1 Å². The van der Waals surface area contributed by atoms with Gasteiger partial charge in [-0.25, -0.2) is 4.98 Å². The smallest absolute Gasteiger partial charge is 0.299 e. The molecule has 6 nitrogen and oxygen atoms in total. The molecule has 6 heteroatoms. The van der Waals surface area contributed by atoms with Crippen molar-refractivity contribution in [1.29, 1.82) is 0 Å². The molecule has 0 atom stereocenters. The van der Waals surface area contributed by atoms with Crippen LogP contribution in [0.4, 0.5) is 6.01 Å². The molecule has 3 heterocycles. The van der Waals surface area contributed by atoms with Crippen LogP contribution in [-0.4, -0.2) is 47.0 Å². The van der Waals surface area contributed by atoms with Crippen molar-refractivity contribution in [2.75, 3.05) is 31.1 Å². The van der Waals surface area contributed by atoms with Crippen LogP contribution < -0.4 is 4.90 Å². The molecule has 0 aliphatic carbocycles. The summed E-state index contributed by atoms with van der Waals surface area (Å²) < 4.78 is 5.78. The van der Waals surface area contributed by atoms with Crippen LogP contribution >= 0.6 is 0 Å².